The normalized spacial score (nSPS) is 13.1. The summed E-state index contributed by atoms with van der Waals surface area (Å²) in [6, 6.07) is 0. The van der Waals surface area contributed by atoms with Crippen molar-refractivity contribution < 1.29 is 0 Å². The highest BCUT2D eigenvalue weighted by Crippen LogP contribution is 2.10. The molecule has 0 aromatic heterocycles. The minimum absolute atomic E-state index is 0.657. The second kappa shape index (κ2) is 5.87. The first-order valence-electron chi connectivity index (χ1n) is 3.75. The summed E-state index contributed by atoms with van der Waals surface area (Å²) in [5.74, 6) is 0.657. The van der Waals surface area contributed by atoms with E-state index < -0.39 is 0 Å². The minimum Gasteiger partial charge on any atom is -0.103 e. The van der Waals surface area contributed by atoms with Crippen molar-refractivity contribution in [3.05, 3.63) is 19.6 Å². The first kappa shape index (κ1) is 8.74. The van der Waals surface area contributed by atoms with E-state index in [0.717, 1.165) is 6.42 Å². The van der Waals surface area contributed by atoms with Gasteiger partial charge >= 0.3 is 0 Å². The van der Waals surface area contributed by atoms with Crippen LogP contribution in [0.25, 0.3) is 0 Å². The van der Waals surface area contributed by atoms with Crippen molar-refractivity contribution >= 4 is 0 Å². The van der Waals surface area contributed by atoms with E-state index in [0.29, 0.717) is 5.92 Å². The summed E-state index contributed by atoms with van der Waals surface area (Å²) in [4.78, 5) is 0. The van der Waals surface area contributed by atoms with Crippen LogP contribution in [0.15, 0.2) is 12.7 Å². The van der Waals surface area contributed by atoms with Crippen LogP contribution < -0.4 is 0 Å². The molecule has 0 heteroatoms. The molecule has 0 nitrogen and oxygen atoms in total. The maximum absolute atomic E-state index is 3.99. The number of hydrogen-bond donors (Lipinski definition) is 0. The molecule has 0 fully saturated rings. The molecule has 0 heterocycles. The van der Waals surface area contributed by atoms with Crippen molar-refractivity contribution in [1.82, 2.24) is 0 Å². The zero-order valence-electron chi connectivity index (χ0n) is 6.40. The van der Waals surface area contributed by atoms with E-state index in [4.69, 9.17) is 0 Å². The maximum atomic E-state index is 3.99. The summed E-state index contributed by atoms with van der Waals surface area (Å²) in [5.41, 5.74) is 0. The van der Waals surface area contributed by atoms with E-state index in [1.165, 1.54) is 19.3 Å². The zero-order chi connectivity index (χ0) is 7.11. The summed E-state index contributed by atoms with van der Waals surface area (Å²) in [6.45, 7) is 9.84. The van der Waals surface area contributed by atoms with Gasteiger partial charge in [0.15, 0.2) is 0 Å². The molecule has 0 aromatic carbocycles. The Bertz CT molecular complexity index is 64.4. The Hall–Kier alpha value is -0.260. The van der Waals surface area contributed by atoms with Crippen LogP contribution in [0.1, 0.15) is 32.6 Å². The van der Waals surface area contributed by atoms with Gasteiger partial charge in [0.2, 0.25) is 0 Å². The third-order valence-electron chi connectivity index (χ3n) is 1.60. The number of unbranched alkanes of at least 4 members (excludes halogenated alkanes) is 1. The SMILES string of the molecule is [CH2]C(CC)CCCC=C. The van der Waals surface area contributed by atoms with Crippen molar-refractivity contribution in [3.8, 4) is 0 Å². The second-order valence-corrected chi connectivity index (χ2v) is 2.49. The molecule has 0 bridgehead atoms. The lowest BCUT2D eigenvalue weighted by Gasteiger charge is -2.04. The molecule has 0 aliphatic heterocycles. The summed E-state index contributed by atoms with van der Waals surface area (Å²) < 4.78 is 0. The van der Waals surface area contributed by atoms with Gasteiger partial charge in [0.25, 0.3) is 0 Å². The van der Waals surface area contributed by atoms with Gasteiger partial charge in [0.1, 0.15) is 0 Å². The van der Waals surface area contributed by atoms with Gasteiger partial charge in [0, 0.05) is 0 Å². The van der Waals surface area contributed by atoms with Gasteiger partial charge in [0.05, 0.1) is 0 Å². The van der Waals surface area contributed by atoms with Crippen molar-refractivity contribution in [3.63, 3.8) is 0 Å². The lowest BCUT2D eigenvalue weighted by atomic mass is 10.0. The molecular formula is C9H17. The summed E-state index contributed by atoms with van der Waals surface area (Å²) in [6.07, 6.45) is 6.83. The van der Waals surface area contributed by atoms with Crippen LogP contribution in [0, 0.1) is 12.8 Å². The summed E-state index contributed by atoms with van der Waals surface area (Å²) in [7, 11) is 0. The fraction of sp³-hybridized carbons (Fsp3) is 0.667. The fourth-order valence-corrected chi connectivity index (χ4v) is 0.755. The molecular weight excluding hydrogens is 108 g/mol. The predicted octanol–water partition coefficient (Wildman–Crippen LogP) is 3.20. The van der Waals surface area contributed by atoms with Crippen molar-refractivity contribution in [1.29, 1.82) is 0 Å². The molecule has 0 spiro atoms. The number of allylic oxidation sites excluding steroid dienone is 1. The van der Waals surface area contributed by atoms with Crippen LogP contribution in [0.2, 0.25) is 0 Å². The van der Waals surface area contributed by atoms with E-state index in [1.54, 1.807) is 0 Å². The topological polar surface area (TPSA) is 0 Å². The summed E-state index contributed by atoms with van der Waals surface area (Å²) in [5, 5.41) is 0. The van der Waals surface area contributed by atoms with E-state index in [-0.39, 0.29) is 0 Å². The monoisotopic (exact) mass is 125 g/mol. The Morgan fingerprint density at radius 1 is 1.56 bits per heavy atom. The van der Waals surface area contributed by atoms with E-state index in [1.807, 2.05) is 6.08 Å². The van der Waals surface area contributed by atoms with Crippen molar-refractivity contribution in [2.75, 3.05) is 0 Å². The third-order valence-corrected chi connectivity index (χ3v) is 1.60. The van der Waals surface area contributed by atoms with Crippen LogP contribution in [0.5, 0.6) is 0 Å². The zero-order valence-corrected chi connectivity index (χ0v) is 6.40. The number of hydrogen-bond acceptors (Lipinski definition) is 0. The quantitative estimate of drug-likeness (QED) is 0.391. The molecule has 1 atom stereocenters. The molecule has 53 valence electrons. The Balaban J connectivity index is 2.96. The van der Waals surface area contributed by atoms with Gasteiger partial charge in [-0.1, -0.05) is 32.8 Å². The van der Waals surface area contributed by atoms with Crippen LogP contribution in [-0.4, -0.2) is 0 Å². The van der Waals surface area contributed by atoms with E-state index in [2.05, 4.69) is 20.4 Å². The average molecular weight is 125 g/mol. The number of rotatable bonds is 5. The molecule has 0 saturated heterocycles. The molecule has 0 aliphatic carbocycles. The van der Waals surface area contributed by atoms with Crippen molar-refractivity contribution in [2.24, 2.45) is 5.92 Å². The van der Waals surface area contributed by atoms with E-state index in [9.17, 15) is 0 Å². The molecule has 0 aromatic rings. The maximum Gasteiger partial charge on any atom is -0.0353 e. The Morgan fingerprint density at radius 3 is 2.67 bits per heavy atom. The highest BCUT2D eigenvalue weighted by atomic mass is 14.0. The smallest absolute Gasteiger partial charge is 0.0353 e. The first-order chi connectivity index (χ1) is 4.31. The molecule has 0 aliphatic rings. The van der Waals surface area contributed by atoms with Gasteiger partial charge < -0.3 is 0 Å². The largest absolute Gasteiger partial charge is 0.103 e. The lowest BCUT2D eigenvalue weighted by Crippen LogP contribution is -1.90. The van der Waals surface area contributed by atoms with Crippen molar-refractivity contribution in [2.45, 2.75) is 32.6 Å². The van der Waals surface area contributed by atoms with Gasteiger partial charge in [-0.15, -0.1) is 6.58 Å². The van der Waals surface area contributed by atoms with Crippen LogP contribution in [-0.2, 0) is 0 Å². The molecule has 1 radical (unpaired) electrons. The molecule has 9 heavy (non-hydrogen) atoms. The average Bonchev–Trinajstić information content (AvgIpc) is 1.89. The van der Waals surface area contributed by atoms with Crippen LogP contribution in [0.4, 0.5) is 0 Å². The fourth-order valence-electron chi connectivity index (χ4n) is 0.755. The lowest BCUT2D eigenvalue weighted by molar-refractivity contribution is 0.546. The molecule has 0 rings (SSSR count). The van der Waals surface area contributed by atoms with Gasteiger partial charge in [-0.25, -0.2) is 0 Å². The van der Waals surface area contributed by atoms with E-state index >= 15 is 0 Å². The van der Waals surface area contributed by atoms with Gasteiger partial charge in [-0.05, 0) is 18.8 Å². The third kappa shape index (κ3) is 5.61. The van der Waals surface area contributed by atoms with Gasteiger partial charge in [-0.3, -0.25) is 0 Å². The van der Waals surface area contributed by atoms with Gasteiger partial charge in [-0.2, -0.15) is 0 Å². The highest BCUT2D eigenvalue weighted by Gasteiger charge is 1.95. The Kier molecular flexibility index (Phi) is 5.70. The summed E-state index contributed by atoms with van der Waals surface area (Å²) >= 11 is 0. The second-order valence-electron chi connectivity index (χ2n) is 2.49. The highest BCUT2D eigenvalue weighted by molar-refractivity contribution is 4.67. The van der Waals surface area contributed by atoms with Crippen LogP contribution >= 0.6 is 0 Å². The predicted molar refractivity (Wildman–Crippen MR) is 43.2 cm³/mol. The molecule has 0 N–H and O–H groups in total. The minimum atomic E-state index is 0.657. The first-order valence-corrected chi connectivity index (χ1v) is 3.75. The Morgan fingerprint density at radius 2 is 2.22 bits per heavy atom. The molecule has 0 saturated carbocycles. The Labute approximate surface area is 59.0 Å². The molecule has 0 amide bonds. The van der Waals surface area contributed by atoms with Crippen LogP contribution in [0.3, 0.4) is 0 Å². The molecule has 1 unspecified atom stereocenters. The standard InChI is InChI=1S/C9H17/c1-4-6-7-8-9(3)5-2/h4,9H,1,3,5-8H2,2H3.